The SMILES string of the molecule is CC1CC(C)CN(CCCNC(=O)Cc2csc(N3CCCC3=O)n2)C1. The summed E-state index contributed by atoms with van der Waals surface area (Å²) in [4.78, 5) is 32.6. The molecule has 144 valence electrons. The molecule has 3 heterocycles. The number of thiazole rings is 1. The van der Waals surface area contributed by atoms with E-state index in [-0.39, 0.29) is 18.2 Å². The fraction of sp³-hybridized carbons (Fsp3) is 0.737. The third-order valence-electron chi connectivity index (χ3n) is 5.10. The van der Waals surface area contributed by atoms with Crippen LogP contribution in [0.15, 0.2) is 5.38 Å². The number of nitrogens with one attached hydrogen (secondary N) is 1. The van der Waals surface area contributed by atoms with E-state index in [1.165, 1.54) is 30.8 Å². The van der Waals surface area contributed by atoms with E-state index in [2.05, 4.69) is 29.0 Å². The molecule has 0 bridgehead atoms. The summed E-state index contributed by atoms with van der Waals surface area (Å²) in [6, 6.07) is 0. The first kappa shape index (κ1) is 19.3. The van der Waals surface area contributed by atoms with Crippen molar-refractivity contribution in [1.29, 1.82) is 0 Å². The second-order valence-electron chi connectivity index (χ2n) is 7.86. The van der Waals surface area contributed by atoms with E-state index in [0.29, 0.717) is 13.0 Å². The van der Waals surface area contributed by atoms with Crippen LogP contribution in [0.3, 0.4) is 0 Å². The molecule has 0 aliphatic carbocycles. The molecule has 3 rings (SSSR count). The number of hydrogen-bond acceptors (Lipinski definition) is 5. The van der Waals surface area contributed by atoms with E-state index in [4.69, 9.17) is 0 Å². The van der Waals surface area contributed by atoms with Crippen LogP contribution in [-0.2, 0) is 16.0 Å². The summed E-state index contributed by atoms with van der Waals surface area (Å²) in [5.74, 6) is 1.69. The number of likely N-dealkylation sites (tertiary alicyclic amines) is 1. The summed E-state index contributed by atoms with van der Waals surface area (Å²) in [5, 5.41) is 5.61. The minimum absolute atomic E-state index is 0.00924. The van der Waals surface area contributed by atoms with Gasteiger partial charge in [-0.1, -0.05) is 13.8 Å². The van der Waals surface area contributed by atoms with Gasteiger partial charge in [-0.25, -0.2) is 4.98 Å². The first-order valence-electron chi connectivity index (χ1n) is 9.75. The zero-order valence-electron chi connectivity index (χ0n) is 15.9. The van der Waals surface area contributed by atoms with Crippen LogP contribution in [-0.4, -0.2) is 54.4 Å². The van der Waals surface area contributed by atoms with Crippen molar-refractivity contribution in [1.82, 2.24) is 15.2 Å². The Bertz CT molecular complexity index is 623. The molecule has 26 heavy (non-hydrogen) atoms. The highest BCUT2D eigenvalue weighted by Gasteiger charge is 2.24. The summed E-state index contributed by atoms with van der Waals surface area (Å²) in [5.41, 5.74) is 0.751. The van der Waals surface area contributed by atoms with Gasteiger partial charge in [0.2, 0.25) is 11.8 Å². The lowest BCUT2D eigenvalue weighted by Gasteiger charge is -2.34. The normalized spacial score (nSPS) is 24.2. The molecule has 2 unspecified atom stereocenters. The topological polar surface area (TPSA) is 65.5 Å². The number of aromatic nitrogens is 1. The Hall–Kier alpha value is -1.47. The lowest BCUT2D eigenvalue weighted by molar-refractivity contribution is -0.120. The van der Waals surface area contributed by atoms with Crippen LogP contribution in [0.4, 0.5) is 5.13 Å². The third-order valence-corrected chi connectivity index (χ3v) is 6.02. The molecule has 0 spiro atoms. The number of nitrogens with zero attached hydrogens (tertiary/aromatic N) is 3. The fourth-order valence-corrected chi connectivity index (χ4v) is 4.95. The molecule has 1 N–H and O–H groups in total. The molecule has 2 saturated heterocycles. The zero-order valence-corrected chi connectivity index (χ0v) is 16.7. The molecular weight excluding hydrogens is 348 g/mol. The zero-order chi connectivity index (χ0) is 18.5. The number of anilines is 1. The standard InChI is InChI=1S/C19H30N4O2S/c1-14-9-15(2)12-22(11-14)7-4-6-20-17(24)10-16-13-26-19(21-16)23-8-3-5-18(23)25/h13-15H,3-12H2,1-2H3,(H,20,24). The quantitative estimate of drug-likeness (QED) is 0.740. The first-order chi connectivity index (χ1) is 12.5. The summed E-state index contributed by atoms with van der Waals surface area (Å²) < 4.78 is 0. The molecule has 0 saturated carbocycles. The van der Waals surface area contributed by atoms with Crippen LogP contribution >= 0.6 is 11.3 Å². The van der Waals surface area contributed by atoms with Gasteiger partial charge in [-0.15, -0.1) is 11.3 Å². The van der Waals surface area contributed by atoms with Crippen LogP contribution in [0.5, 0.6) is 0 Å². The molecular formula is C19H30N4O2S. The molecule has 2 atom stereocenters. The molecule has 0 radical (unpaired) electrons. The van der Waals surface area contributed by atoms with Crippen LogP contribution in [0.25, 0.3) is 0 Å². The molecule has 2 aliphatic heterocycles. The summed E-state index contributed by atoms with van der Waals surface area (Å²) >= 11 is 1.45. The van der Waals surface area contributed by atoms with Crippen molar-refractivity contribution in [2.75, 3.05) is 37.6 Å². The van der Waals surface area contributed by atoms with Crippen molar-refractivity contribution in [3.05, 3.63) is 11.1 Å². The molecule has 1 aromatic heterocycles. The monoisotopic (exact) mass is 378 g/mol. The Morgan fingerprint density at radius 2 is 2.12 bits per heavy atom. The fourth-order valence-electron chi connectivity index (χ4n) is 4.08. The average Bonchev–Trinajstić information content (AvgIpc) is 3.19. The Labute approximate surface area is 160 Å². The maximum absolute atomic E-state index is 12.1. The van der Waals surface area contributed by atoms with Crippen molar-refractivity contribution in [2.45, 2.75) is 46.0 Å². The average molecular weight is 379 g/mol. The molecule has 2 fully saturated rings. The van der Waals surface area contributed by atoms with Gasteiger partial charge in [0.05, 0.1) is 12.1 Å². The van der Waals surface area contributed by atoms with Crippen molar-refractivity contribution < 1.29 is 9.59 Å². The Morgan fingerprint density at radius 1 is 1.35 bits per heavy atom. The maximum atomic E-state index is 12.1. The number of carbonyl (C=O) groups excluding carboxylic acids is 2. The minimum atomic E-state index is 0.00924. The molecule has 2 amide bonds. The molecule has 1 aromatic rings. The van der Waals surface area contributed by atoms with Crippen molar-refractivity contribution in [3.63, 3.8) is 0 Å². The predicted octanol–water partition coefficient (Wildman–Crippen LogP) is 2.30. The smallest absolute Gasteiger partial charge is 0.228 e. The van der Waals surface area contributed by atoms with Gasteiger partial charge in [-0.3, -0.25) is 14.5 Å². The lowest BCUT2D eigenvalue weighted by atomic mass is 9.92. The van der Waals surface area contributed by atoms with Gasteiger partial charge in [-0.2, -0.15) is 0 Å². The van der Waals surface area contributed by atoms with Gasteiger partial charge in [0.1, 0.15) is 0 Å². The van der Waals surface area contributed by atoms with Crippen molar-refractivity contribution in [3.8, 4) is 0 Å². The Kier molecular flexibility index (Phi) is 6.64. The summed E-state index contributed by atoms with van der Waals surface area (Å²) in [6.07, 6.45) is 4.09. The highest BCUT2D eigenvalue weighted by Crippen LogP contribution is 2.25. The Balaban J connectivity index is 1.35. The van der Waals surface area contributed by atoms with Gasteiger partial charge in [0, 0.05) is 38.0 Å². The molecule has 0 aromatic carbocycles. The first-order valence-corrected chi connectivity index (χ1v) is 10.6. The van der Waals surface area contributed by atoms with E-state index < -0.39 is 0 Å². The maximum Gasteiger partial charge on any atom is 0.228 e. The van der Waals surface area contributed by atoms with Gasteiger partial charge in [-0.05, 0) is 37.6 Å². The Morgan fingerprint density at radius 3 is 2.81 bits per heavy atom. The van der Waals surface area contributed by atoms with Crippen LogP contribution in [0, 0.1) is 11.8 Å². The van der Waals surface area contributed by atoms with E-state index in [0.717, 1.165) is 48.6 Å². The summed E-state index contributed by atoms with van der Waals surface area (Å²) in [7, 11) is 0. The van der Waals surface area contributed by atoms with E-state index in [1.807, 2.05) is 5.38 Å². The number of hydrogen-bond donors (Lipinski definition) is 1. The third kappa shape index (κ3) is 5.27. The predicted molar refractivity (Wildman–Crippen MR) is 104 cm³/mol. The number of piperidine rings is 1. The summed E-state index contributed by atoms with van der Waals surface area (Å²) in [6.45, 7) is 9.49. The van der Waals surface area contributed by atoms with Crippen LogP contribution in [0.1, 0.15) is 45.2 Å². The van der Waals surface area contributed by atoms with E-state index in [1.54, 1.807) is 4.90 Å². The second-order valence-corrected chi connectivity index (χ2v) is 8.69. The van der Waals surface area contributed by atoms with Crippen LogP contribution < -0.4 is 10.2 Å². The number of rotatable bonds is 7. The molecule has 6 nitrogen and oxygen atoms in total. The second kappa shape index (κ2) is 8.95. The van der Waals surface area contributed by atoms with E-state index in [9.17, 15) is 9.59 Å². The number of amides is 2. The molecule has 7 heteroatoms. The molecule has 2 aliphatic rings. The van der Waals surface area contributed by atoms with Gasteiger partial charge < -0.3 is 10.2 Å². The van der Waals surface area contributed by atoms with Crippen molar-refractivity contribution in [2.24, 2.45) is 11.8 Å². The van der Waals surface area contributed by atoms with Crippen molar-refractivity contribution >= 4 is 28.3 Å². The van der Waals surface area contributed by atoms with E-state index >= 15 is 0 Å². The largest absolute Gasteiger partial charge is 0.356 e. The number of carbonyl (C=O) groups is 2. The van der Waals surface area contributed by atoms with Gasteiger partial charge >= 0.3 is 0 Å². The minimum Gasteiger partial charge on any atom is -0.356 e. The van der Waals surface area contributed by atoms with Gasteiger partial charge in [0.15, 0.2) is 5.13 Å². The van der Waals surface area contributed by atoms with Crippen LogP contribution in [0.2, 0.25) is 0 Å². The lowest BCUT2D eigenvalue weighted by Crippen LogP contribution is -2.40. The van der Waals surface area contributed by atoms with Gasteiger partial charge in [0.25, 0.3) is 0 Å². The highest BCUT2D eigenvalue weighted by atomic mass is 32.1. The highest BCUT2D eigenvalue weighted by molar-refractivity contribution is 7.14.